The van der Waals surface area contributed by atoms with Crippen molar-refractivity contribution in [2.45, 2.75) is 31.2 Å². The maximum atomic E-state index is 12.3. The molecule has 7 nitrogen and oxygen atoms in total. The van der Waals surface area contributed by atoms with Crippen LogP contribution in [0, 0.1) is 16.0 Å². The Morgan fingerprint density at radius 1 is 1.43 bits per heavy atom. The monoisotopic (exact) mass is 336 g/mol. The molecule has 9 heteroatoms. The van der Waals surface area contributed by atoms with Gasteiger partial charge < -0.3 is 5.11 Å². The van der Waals surface area contributed by atoms with Gasteiger partial charge in [0.2, 0.25) is 10.0 Å². The molecule has 0 saturated carbocycles. The van der Waals surface area contributed by atoms with Gasteiger partial charge in [0.15, 0.2) is 4.90 Å². The molecule has 0 amide bonds. The van der Waals surface area contributed by atoms with Crippen LogP contribution in [0.25, 0.3) is 0 Å². The lowest BCUT2D eigenvalue weighted by Gasteiger charge is -2.21. The van der Waals surface area contributed by atoms with Crippen LogP contribution < -0.4 is 4.72 Å². The molecule has 1 atom stereocenters. The highest BCUT2D eigenvalue weighted by Crippen LogP contribution is 2.27. The van der Waals surface area contributed by atoms with E-state index < -0.39 is 31.6 Å². The van der Waals surface area contributed by atoms with Gasteiger partial charge >= 0.3 is 0 Å². The van der Waals surface area contributed by atoms with E-state index in [9.17, 15) is 18.5 Å². The van der Waals surface area contributed by atoms with Crippen molar-refractivity contribution in [1.82, 2.24) is 4.72 Å². The Labute approximate surface area is 128 Å². The molecule has 0 aliphatic heterocycles. The number of aliphatic hydroxyl groups is 1. The molecular weight excluding hydrogens is 320 g/mol. The maximum Gasteiger partial charge on any atom is 0.290 e. The van der Waals surface area contributed by atoms with Crippen LogP contribution in [-0.2, 0) is 10.0 Å². The minimum atomic E-state index is -4.08. The van der Waals surface area contributed by atoms with Gasteiger partial charge in [-0.3, -0.25) is 10.1 Å². The number of nitrogens with one attached hydrogen (secondary N) is 1. The van der Waals surface area contributed by atoms with Crippen molar-refractivity contribution in [2.75, 3.05) is 6.61 Å². The van der Waals surface area contributed by atoms with E-state index >= 15 is 0 Å². The third-order valence-electron chi connectivity index (χ3n) is 2.96. The van der Waals surface area contributed by atoms with Gasteiger partial charge in [-0.2, -0.15) is 0 Å². The van der Waals surface area contributed by atoms with E-state index in [0.717, 1.165) is 12.1 Å². The predicted molar refractivity (Wildman–Crippen MR) is 78.8 cm³/mol. The van der Waals surface area contributed by atoms with E-state index in [2.05, 4.69) is 4.72 Å². The molecule has 1 aromatic carbocycles. The van der Waals surface area contributed by atoms with Crippen LogP contribution in [0.1, 0.15) is 20.3 Å². The number of benzene rings is 1. The molecule has 0 aliphatic rings. The maximum absolute atomic E-state index is 12.3. The normalized spacial score (nSPS) is 13.4. The number of nitrogens with zero attached hydrogens (tertiary/aromatic N) is 1. The highest BCUT2D eigenvalue weighted by Gasteiger charge is 2.29. The quantitative estimate of drug-likeness (QED) is 0.584. The molecule has 0 aliphatic carbocycles. The molecule has 0 aromatic heterocycles. The highest BCUT2D eigenvalue weighted by molar-refractivity contribution is 7.89. The van der Waals surface area contributed by atoms with Crippen LogP contribution in [0.5, 0.6) is 0 Å². The van der Waals surface area contributed by atoms with Crippen molar-refractivity contribution >= 4 is 27.3 Å². The molecule has 2 N–H and O–H groups in total. The third-order valence-corrected chi connectivity index (χ3v) is 4.73. The van der Waals surface area contributed by atoms with E-state index in [1.54, 1.807) is 13.8 Å². The van der Waals surface area contributed by atoms with Crippen molar-refractivity contribution in [1.29, 1.82) is 0 Å². The predicted octanol–water partition coefficient (Wildman–Crippen LogP) is 1.93. The molecule has 1 unspecified atom stereocenters. The summed E-state index contributed by atoms with van der Waals surface area (Å²) in [5, 5.41) is 20.0. The van der Waals surface area contributed by atoms with Crippen molar-refractivity contribution in [2.24, 2.45) is 5.92 Å². The molecule has 0 radical (unpaired) electrons. The largest absolute Gasteiger partial charge is 0.396 e. The van der Waals surface area contributed by atoms with Gasteiger partial charge in [-0.25, -0.2) is 13.1 Å². The van der Waals surface area contributed by atoms with Gasteiger partial charge in [-0.15, -0.1) is 0 Å². The van der Waals surface area contributed by atoms with Crippen LogP contribution in [0.2, 0.25) is 5.02 Å². The Balaban J connectivity index is 3.22. The van der Waals surface area contributed by atoms with Crippen LogP contribution in [-0.4, -0.2) is 31.1 Å². The molecule has 0 spiro atoms. The van der Waals surface area contributed by atoms with Gasteiger partial charge in [0.25, 0.3) is 5.69 Å². The summed E-state index contributed by atoms with van der Waals surface area (Å²) in [4.78, 5) is 9.74. The number of sulfonamides is 1. The molecule has 0 heterocycles. The minimum absolute atomic E-state index is 0.0710. The SMILES string of the molecule is CC(C)C(CCO)NS(=O)(=O)c1ccc(Cl)cc1[N+](=O)[O-]. The topological polar surface area (TPSA) is 110 Å². The van der Waals surface area contributed by atoms with Gasteiger partial charge in [-0.05, 0) is 24.5 Å². The highest BCUT2D eigenvalue weighted by atomic mass is 35.5. The summed E-state index contributed by atoms with van der Waals surface area (Å²) in [6.07, 6.45) is 0.221. The first-order valence-corrected chi connectivity index (χ1v) is 8.12. The number of halogens is 1. The summed E-state index contributed by atoms with van der Waals surface area (Å²) < 4.78 is 27.0. The summed E-state index contributed by atoms with van der Waals surface area (Å²) in [7, 11) is -4.08. The number of nitro groups is 1. The fourth-order valence-electron chi connectivity index (χ4n) is 1.79. The lowest BCUT2D eigenvalue weighted by Crippen LogP contribution is -2.39. The Morgan fingerprint density at radius 3 is 2.52 bits per heavy atom. The zero-order chi connectivity index (χ0) is 16.2. The Hall–Kier alpha value is -1.22. The number of aliphatic hydroxyl groups excluding tert-OH is 1. The van der Waals surface area contributed by atoms with Gasteiger partial charge in [0.1, 0.15) is 0 Å². The lowest BCUT2D eigenvalue weighted by molar-refractivity contribution is -0.387. The molecule has 118 valence electrons. The second-order valence-corrected chi connectivity index (χ2v) is 6.97. The summed E-state index contributed by atoms with van der Waals surface area (Å²) in [6.45, 7) is 3.40. The summed E-state index contributed by atoms with van der Waals surface area (Å²) >= 11 is 5.66. The number of hydrogen-bond acceptors (Lipinski definition) is 5. The Kier molecular flexibility index (Phi) is 6.09. The minimum Gasteiger partial charge on any atom is -0.396 e. The first kappa shape index (κ1) is 17.8. The zero-order valence-corrected chi connectivity index (χ0v) is 13.2. The van der Waals surface area contributed by atoms with E-state index in [1.165, 1.54) is 6.07 Å². The van der Waals surface area contributed by atoms with E-state index in [4.69, 9.17) is 16.7 Å². The molecule has 0 bridgehead atoms. The van der Waals surface area contributed by atoms with Gasteiger partial charge in [0.05, 0.1) is 4.92 Å². The van der Waals surface area contributed by atoms with Crippen molar-refractivity contribution < 1.29 is 18.4 Å². The van der Waals surface area contributed by atoms with Crippen LogP contribution in [0.15, 0.2) is 23.1 Å². The molecule has 21 heavy (non-hydrogen) atoms. The fourth-order valence-corrected chi connectivity index (χ4v) is 3.53. The number of nitro benzene ring substituents is 1. The van der Waals surface area contributed by atoms with E-state index in [0.29, 0.717) is 0 Å². The van der Waals surface area contributed by atoms with Gasteiger partial charge in [0, 0.05) is 23.7 Å². The van der Waals surface area contributed by atoms with Crippen LogP contribution in [0.3, 0.4) is 0 Å². The average molecular weight is 337 g/mol. The smallest absolute Gasteiger partial charge is 0.290 e. The van der Waals surface area contributed by atoms with Crippen molar-refractivity contribution in [3.05, 3.63) is 33.3 Å². The average Bonchev–Trinajstić information content (AvgIpc) is 2.37. The van der Waals surface area contributed by atoms with E-state index in [1.807, 2.05) is 0 Å². The van der Waals surface area contributed by atoms with Crippen molar-refractivity contribution in [3.8, 4) is 0 Å². The zero-order valence-electron chi connectivity index (χ0n) is 11.6. The fraction of sp³-hybridized carbons (Fsp3) is 0.500. The molecule has 1 rings (SSSR count). The molecule has 0 saturated heterocycles. The second-order valence-electron chi connectivity index (χ2n) is 4.85. The Morgan fingerprint density at radius 2 is 2.05 bits per heavy atom. The number of rotatable bonds is 7. The molecule has 0 fully saturated rings. The molecular formula is C12H17ClN2O5S. The third kappa shape index (κ3) is 4.63. The summed E-state index contributed by atoms with van der Waals surface area (Å²) in [5.41, 5.74) is -0.582. The number of hydrogen-bond donors (Lipinski definition) is 2. The first-order valence-electron chi connectivity index (χ1n) is 6.26. The van der Waals surface area contributed by atoms with Crippen LogP contribution >= 0.6 is 11.6 Å². The molecule has 1 aromatic rings. The van der Waals surface area contributed by atoms with Crippen LogP contribution in [0.4, 0.5) is 5.69 Å². The lowest BCUT2D eigenvalue weighted by atomic mass is 10.0. The second kappa shape index (κ2) is 7.17. The van der Waals surface area contributed by atoms with Gasteiger partial charge in [-0.1, -0.05) is 25.4 Å². The summed E-state index contributed by atoms with van der Waals surface area (Å²) in [6, 6.07) is 2.85. The standard InChI is InChI=1S/C12H17ClN2O5S/c1-8(2)10(5-6-16)14-21(19,20)12-4-3-9(13)7-11(12)15(17)18/h3-4,7-8,10,14,16H,5-6H2,1-2H3. The Bertz CT molecular complexity index is 618. The first-order chi connectivity index (χ1) is 9.69. The summed E-state index contributed by atoms with van der Waals surface area (Å²) in [5.74, 6) is -0.0710. The van der Waals surface area contributed by atoms with Crippen molar-refractivity contribution in [3.63, 3.8) is 0 Å². The van der Waals surface area contributed by atoms with E-state index in [-0.39, 0.29) is 24.0 Å².